The summed E-state index contributed by atoms with van der Waals surface area (Å²) in [5.41, 5.74) is 0. The molecule has 0 saturated carbocycles. The van der Waals surface area contributed by atoms with E-state index in [2.05, 4.69) is 0 Å². The highest BCUT2D eigenvalue weighted by molar-refractivity contribution is 14.0. The van der Waals surface area contributed by atoms with E-state index in [1.165, 1.54) is 11.8 Å². The van der Waals surface area contributed by atoms with E-state index in [4.69, 9.17) is 5.41 Å². The molecule has 0 aliphatic heterocycles. The van der Waals surface area contributed by atoms with E-state index in [1.807, 2.05) is 20.4 Å². The normalized spacial score (nSPS) is 7.38. The van der Waals surface area contributed by atoms with E-state index in [9.17, 15) is 0 Å². The first kappa shape index (κ1) is 11.4. The summed E-state index contributed by atoms with van der Waals surface area (Å²) in [5.74, 6) is 0. The Morgan fingerprint density at radius 3 is 1.88 bits per heavy atom. The molecule has 0 saturated heterocycles. The maximum absolute atomic E-state index is 7.08. The summed E-state index contributed by atoms with van der Waals surface area (Å²) in [5, 5.41) is 7.68. The van der Waals surface area contributed by atoms with E-state index < -0.39 is 0 Å². The number of hydrogen-bond donors (Lipinski definition) is 1. The van der Waals surface area contributed by atoms with Crippen LogP contribution in [-0.4, -0.2) is 30.4 Å². The Balaban J connectivity index is 0. The molecule has 0 aliphatic rings. The fraction of sp³-hybridized carbons (Fsp3) is 0.750. The molecule has 0 rings (SSSR count). The fourth-order valence-electron chi connectivity index (χ4n) is 0.183. The van der Waals surface area contributed by atoms with Crippen LogP contribution < -0.4 is 0 Å². The van der Waals surface area contributed by atoms with Crippen molar-refractivity contribution in [2.24, 2.45) is 0 Å². The van der Waals surface area contributed by atoms with Crippen molar-refractivity contribution in [3.8, 4) is 0 Å². The molecular weight excluding hydrogens is 235 g/mol. The van der Waals surface area contributed by atoms with Gasteiger partial charge in [0.15, 0.2) is 5.17 Å². The lowest BCUT2D eigenvalue weighted by atomic mass is 10.9. The molecule has 0 unspecified atom stereocenters. The fourth-order valence-corrected chi connectivity index (χ4v) is 0.548. The summed E-state index contributed by atoms with van der Waals surface area (Å²) in [6, 6.07) is 0. The van der Waals surface area contributed by atoms with Crippen molar-refractivity contribution < 1.29 is 0 Å². The predicted molar refractivity (Wildman–Crippen MR) is 50.3 cm³/mol. The molecule has 0 aromatic rings. The van der Waals surface area contributed by atoms with Crippen LogP contribution in [0.3, 0.4) is 0 Å². The Hall–Kier alpha value is 0.550. The molecule has 0 atom stereocenters. The summed E-state index contributed by atoms with van der Waals surface area (Å²) < 4.78 is 0. The van der Waals surface area contributed by atoms with Gasteiger partial charge in [-0.05, 0) is 6.26 Å². The number of nitrogens with zero attached hydrogens (tertiary/aromatic N) is 1. The lowest BCUT2D eigenvalue weighted by Gasteiger charge is -2.08. The average Bonchev–Trinajstić information content (AvgIpc) is 1.65. The summed E-state index contributed by atoms with van der Waals surface area (Å²) in [6.07, 6.45) is 1.89. The molecule has 0 heterocycles. The van der Waals surface area contributed by atoms with Gasteiger partial charge >= 0.3 is 0 Å². The first-order chi connectivity index (χ1) is 3.18. The Bertz CT molecular complexity index is 74.4. The number of thioether (sulfide) groups is 1. The molecule has 0 bridgehead atoms. The maximum atomic E-state index is 7.08. The summed E-state index contributed by atoms with van der Waals surface area (Å²) in [7, 11) is 3.72. The molecule has 8 heavy (non-hydrogen) atoms. The highest BCUT2D eigenvalue weighted by Gasteiger charge is 1.90. The highest BCUT2D eigenvalue weighted by Crippen LogP contribution is 1.95. The molecule has 0 radical (unpaired) electrons. The quantitative estimate of drug-likeness (QED) is 0.398. The standard InChI is InChI=1S/C4H10N2S.HI/c1-6(2)4(5)7-3;/h5H,1-3H3;1H. The third-order valence-electron chi connectivity index (χ3n) is 0.600. The van der Waals surface area contributed by atoms with Crippen LogP contribution >= 0.6 is 35.7 Å². The Morgan fingerprint density at radius 2 is 1.88 bits per heavy atom. The van der Waals surface area contributed by atoms with Crippen molar-refractivity contribution in [3.63, 3.8) is 0 Å². The third-order valence-corrected chi connectivity index (χ3v) is 1.35. The van der Waals surface area contributed by atoms with Gasteiger partial charge in [0.1, 0.15) is 0 Å². The molecule has 1 N–H and O–H groups in total. The molecule has 50 valence electrons. The molecule has 0 aromatic carbocycles. The number of hydrogen-bond acceptors (Lipinski definition) is 2. The van der Waals surface area contributed by atoms with Gasteiger partial charge in [-0.15, -0.1) is 24.0 Å². The Morgan fingerprint density at radius 1 is 1.50 bits per heavy atom. The molecule has 0 amide bonds. The van der Waals surface area contributed by atoms with E-state index in [-0.39, 0.29) is 24.0 Å². The lowest BCUT2D eigenvalue weighted by molar-refractivity contribution is 0.632. The second-order valence-electron chi connectivity index (χ2n) is 1.40. The van der Waals surface area contributed by atoms with Crippen LogP contribution in [0.2, 0.25) is 0 Å². The number of halogens is 1. The van der Waals surface area contributed by atoms with Crippen molar-refractivity contribution >= 4 is 40.9 Å². The van der Waals surface area contributed by atoms with Crippen molar-refractivity contribution in [1.29, 1.82) is 5.41 Å². The van der Waals surface area contributed by atoms with Crippen LogP contribution in [0.15, 0.2) is 0 Å². The lowest BCUT2D eigenvalue weighted by Crippen LogP contribution is -2.16. The van der Waals surface area contributed by atoms with Gasteiger partial charge in [-0.3, -0.25) is 5.41 Å². The number of nitrogens with one attached hydrogen (secondary N) is 1. The van der Waals surface area contributed by atoms with Gasteiger partial charge in [-0.2, -0.15) is 0 Å². The molecule has 0 spiro atoms. The Labute approximate surface area is 71.5 Å². The van der Waals surface area contributed by atoms with Gasteiger partial charge in [-0.25, -0.2) is 0 Å². The summed E-state index contributed by atoms with van der Waals surface area (Å²) in [4.78, 5) is 1.77. The van der Waals surface area contributed by atoms with E-state index >= 15 is 0 Å². The van der Waals surface area contributed by atoms with Gasteiger partial charge < -0.3 is 4.90 Å². The molecule has 0 aliphatic carbocycles. The van der Waals surface area contributed by atoms with Gasteiger partial charge in [0.25, 0.3) is 0 Å². The smallest absolute Gasteiger partial charge is 0.155 e. The van der Waals surface area contributed by atoms with E-state index in [0.29, 0.717) is 5.17 Å². The topological polar surface area (TPSA) is 27.1 Å². The van der Waals surface area contributed by atoms with E-state index in [0.717, 1.165) is 0 Å². The van der Waals surface area contributed by atoms with Gasteiger partial charge in [0.05, 0.1) is 0 Å². The number of amidine groups is 1. The SMILES string of the molecule is CSC(=N)N(C)C.I. The van der Waals surface area contributed by atoms with Gasteiger partial charge in [-0.1, -0.05) is 11.8 Å². The highest BCUT2D eigenvalue weighted by atomic mass is 127. The van der Waals surface area contributed by atoms with Crippen LogP contribution in [0.4, 0.5) is 0 Å². The minimum atomic E-state index is 0. The predicted octanol–water partition coefficient (Wildman–Crippen LogP) is 1.46. The largest absolute Gasteiger partial charge is 0.358 e. The monoisotopic (exact) mass is 246 g/mol. The summed E-state index contributed by atoms with van der Waals surface area (Å²) >= 11 is 1.44. The molecule has 2 nitrogen and oxygen atoms in total. The van der Waals surface area contributed by atoms with Gasteiger partial charge in [0.2, 0.25) is 0 Å². The van der Waals surface area contributed by atoms with Crippen molar-refractivity contribution in [1.82, 2.24) is 4.90 Å². The first-order valence-corrected chi connectivity index (χ1v) is 3.21. The number of rotatable bonds is 0. The van der Waals surface area contributed by atoms with Crippen molar-refractivity contribution in [2.75, 3.05) is 20.4 Å². The maximum Gasteiger partial charge on any atom is 0.155 e. The van der Waals surface area contributed by atoms with Crippen molar-refractivity contribution in [3.05, 3.63) is 0 Å². The van der Waals surface area contributed by atoms with Crippen LogP contribution in [0.25, 0.3) is 0 Å². The van der Waals surface area contributed by atoms with Crippen molar-refractivity contribution in [2.45, 2.75) is 0 Å². The second-order valence-corrected chi connectivity index (χ2v) is 2.20. The zero-order chi connectivity index (χ0) is 5.86. The molecule has 4 heteroatoms. The molecule has 0 fully saturated rings. The Kier molecular flexibility index (Phi) is 8.07. The second kappa shape index (κ2) is 5.68. The minimum absolute atomic E-state index is 0. The molecule has 0 aromatic heterocycles. The van der Waals surface area contributed by atoms with Crippen LogP contribution in [0.5, 0.6) is 0 Å². The van der Waals surface area contributed by atoms with E-state index in [1.54, 1.807) is 4.90 Å². The zero-order valence-electron chi connectivity index (χ0n) is 5.26. The van der Waals surface area contributed by atoms with Crippen LogP contribution in [-0.2, 0) is 0 Å². The van der Waals surface area contributed by atoms with Crippen LogP contribution in [0, 0.1) is 5.41 Å². The molecular formula is C4H11IN2S. The first-order valence-electron chi connectivity index (χ1n) is 1.98. The third kappa shape index (κ3) is 4.70. The minimum Gasteiger partial charge on any atom is -0.358 e. The van der Waals surface area contributed by atoms with Crippen LogP contribution in [0.1, 0.15) is 0 Å². The summed E-state index contributed by atoms with van der Waals surface area (Å²) in [6.45, 7) is 0. The zero-order valence-corrected chi connectivity index (χ0v) is 8.41. The van der Waals surface area contributed by atoms with Gasteiger partial charge in [0, 0.05) is 14.1 Å². The average molecular weight is 246 g/mol.